The number of nitrogen functional groups attached to an aromatic ring is 1. The Morgan fingerprint density at radius 3 is 2.71 bits per heavy atom. The van der Waals surface area contributed by atoms with Crippen LogP contribution in [0.4, 0.5) is 10.5 Å². The van der Waals surface area contributed by atoms with Crippen LogP contribution in [0.15, 0.2) is 29.2 Å². The number of rotatable bonds is 3. The molecule has 1 aliphatic heterocycles. The van der Waals surface area contributed by atoms with Crippen molar-refractivity contribution in [1.29, 1.82) is 0 Å². The normalized spacial score (nSPS) is 14.8. The Kier molecular flexibility index (Phi) is 3.53. The predicted octanol–water partition coefficient (Wildman–Crippen LogP) is 1.34. The molecule has 6 heteroatoms. The highest BCUT2D eigenvalue weighted by Gasteiger charge is 2.27. The molecule has 1 aromatic rings. The van der Waals surface area contributed by atoms with Gasteiger partial charge < -0.3 is 10.5 Å². The number of nitrogens with two attached hydrogens (primary N) is 1. The van der Waals surface area contributed by atoms with E-state index < -0.39 is 6.09 Å². The fourth-order valence-electron chi connectivity index (χ4n) is 1.41. The van der Waals surface area contributed by atoms with Gasteiger partial charge in [0, 0.05) is 10.6 Å². The van der Waals surface area contributed by atoms with E-state index in [9.17, 15) is 9.59 Å². The molecule has 1 aromatic carbocycles. The predicted molar refractivity (Wildman–Crippen MR) is 64.6 cm³/mol. The van der Waals surface area contributed by atoms with Crippen LogP contribution in [0.2, 0.25) is 0 Å². The second-order valence-corrected chi connectivity index (χ2v) is 4.57. The van der Waals surface area contributed by atoms with Crippen molar-refractivity contribution in [3.8, 4) is 0 Å². The van der Waals surface area contributed by atoms with Crippen molar-refractivity contribution in [3.05, 3.63) is 24.3 Å². The summed E-state index contributed by atoms with van der Waals surface area (Å²) in [7, 11) is 0. The molecule has 0 atom stereocenters. The number of ether oxygens (including phenoxy) is 1. The van der Waals surface area contributed by atoms with E-state index in [1.807, 2.05) is 12.1 Å². The van der Waals surface area contributed by atoms with E-state index in [1.165, 1.54) is 11.8 Å². The van der Waals surface area contributed by atoms with E-state index in [4.69, 9.17) is 10.5 Å². The van der Waals surface area contributed by atoms with Crippen LogP contribution in [0, 0.1) is 0 Å². The van der Waals surface area contributed by atoms with Crippen molar-refractivity contribution in [3.63, 3.8) is 0 Å². The monoisotopic (exact) mass is 252 g/mol. The van der Waals surface area contributed by atoms with E-state index in [2.05, 4.69) is 0 Å². The Labute approximate surface area is 103 Å². The van der Waals surface area contributed by atoms with Gasteiger partial charge in [-0.3, -0.25) is 4.79 Å². The lowest BCUT2D eigenvalue weighted by Crippen LogP contribution is -2.32. The Bertz CT molecular complexity index is 433. The van der Waals surface area contributed by atoms with E-state index in [1.54, 1.807) is 12.1 Å². The molecule has 0 bridgehead atoms. The Balaban J connectivity index is 1.87. The maximum atomic E-state index is 11.7. The van der Waals surface area contributed by atoms with Gasteiger partial charge in [-0.25, -0.2) is 9.69 Å². The highest BCUT2D eigenvalue weighted by molar-refractivity contribution is 8.00. The quantitative estimate of drug-likeness (QED) is 0.649. The summed E-state index contributed by atoms with van der Waals surface area (Å²) in [6, 6.07) is 7.24. The highest BCUT2D eigenvalue weighted by atomic mass is 32.2. The molecule has 1 saturated heterocycles. The van der Waals surface area contributed by atoms with Crippen molar-refractivity contribution < 1.29 is 14.3 Å². The number of amides is 2. The lowest BCUT2D eigenvalue weighted by Gasteiger charge is -2.09. The molecule has 2 N–H and O–H groups in total. The van der Waals surface area contributed by atoms with Gasteiger partial charge in [-0.15, -0.1) is 11.8 Å². The summed E-state index contributed by atoms with van der Waals surface area (Å²) in [6.07, 6.45) is -0.548. The molecule has 90 valence electrons. The van der Waals surface area contributed by atoms with Gasteiger partial charge in [-0.2, -0.15) is 0 Å². The van der Waals surface area contributed by atoms with Crippen LogP contribution in [-0.4, -0.2) is 35.8 Å². The molecule has 0 spiro atoms. The molecule has 2 rings (SSSR count). The zero-order valence-electron chi connectivity index (χ0n) is 9.09. The van der Waals surface area contributed by atoms with Crippen LogP contribution in [0.5, 0.6) is 0 Å². The minimum Gasteiger partial charge on any atom is -0.447 e. The SMILES string of the molecule is Nc1ccc(SCC(=O)N2CCOC2=O)cc1. The van der Waals surface area contributed by atoms with E-state index in [0.717, 1.165) is 9.80 Å². The smallest absolute Gasteiger partial charge is 0.416 e. The van der Waals surface area contributed by atoms with Gasteiger partial charge >= 0.3 is 6.09 Å². The number of carbonyl (C=O) groups is 2. The third kappa shape index (κ3) is 2.91. The van der Waals surface area contributed by atoms with Gasteiger partial charge in [0.05, 0.1) is 12.3 Å². The number of anilines is 1. The van der Waals surface area contributed by atoms with Gasteiger partial charge in [-0.05, 0) is 24.3 Å². The molecule has 0 aromatic heterocycles. The zero-order valence-corrected chi connectivity index (χ0v) is 9.90. The Hall–Kier alpha value is -1.69. The summed E-state index contributed by atoms with van der Waals surface area (Å²) in [5.74, 6) is -0.00623. The lowest BCUT2D eigenvalue weighted by atomic mass is 10.3. The molecule has 2 amide bonds. The minimum atomic E-state index is -0.548. The third-order valence-corrected chi connectivity index (χ3v) is 3.30. The zero-order chi connectivity index (χ0) is 12.3. The van der Waals surface area contributed by atoms with E-state index in [-0.39, 0.29) is 18.3 Å². The van der Waals surface area contributed by atoms with Crippen molar-refractivity contribution >= 4 is 29.4 Å². The number of imide groups is 1. The first kappa shape index (κ1) is 11.8. The average molecular weight is 252 g/mol. The van der Waals surface area contributed by atoms with Crippen LogP contribution < -0.4 is 5.73 Å². The van der Waals surface area contributed by atoms with Gasteiger partial charge in [-0.1, -0.05) is 0 Å². The number of hydrogen-bond donors (Lipinski definition) is 1. The van der Waals surface area contributed by atoms with Crippen LogP contribution in [0.3, 0.4) is 0 Å². The summed E-state index contributed by atoms with van der Waals surface area (Å²) >= 11 is 1.37. The number of cyclic esters (lactones) is 1. The summed E-state index contributed by atoms with van der Waals surface area (Å²) < 4.78 is 4.69. The molecule has 5 nitrogen and oxygen atoms in total. The molecule has 0 saturated carbocycles. The molecule has 0 unspecified atom stereocenters. The van der Waals surface area contributed by atoms with Crippen LogP contribution in [0.25, 0.3) is 0 Å². The summed E-state index contributed by atoms with van der Waals surface area (Å²) in [5, 5.41) is 0. The van der Waals surface area contributed by atoms with Crippen LogP contribution >= 0.6 is 11.8 Å². The second-order valence-electron chi connectivity index (χ2n) is 3.52. The number of benzene rings is 1. The highest BCUT2D eigenvalue weighted by Crippen LogP contribution is 2.20. The molecule has 1 heterocycles. The van der Waals surface area contributed by atoms with Crippen molar-refractivity contribution in [2.75, 3.05) is 24.6 Å². The van der Waals surface area contributed by atoms with Gasteiger partial charge in [0.1, 0.15) is 6.61 Å². The molecular weight excluding hydrogens is 240 g/mol. The van der Waals surface area contributed by atoms with Gasteiger partial charge in [0.2, 0.25) is 5.91 Å². The molecule has 0 aliphatic carbocycles. The number of nitrogens with zero attached hydrogens (tertiary/aromatic N) is 1. The standard InChI is InChI=1S/C11H12N2O3S/c12-8-1-3-9(4-2-8)17-7-10(14)13-5-6-16-11(13)15/h1-4H,5-7,12H2. The van der Waals surface area contributed by atoms with Crippen molar-refractivity contribution in [1.82, 2.24) is 4.90 Å². The number of hydrogen-bond acceptors (Lipinski definition) is 5. The largest absolute Gasteiger partial charge is 0.447 e. The third-order valence-electron chi connectivity index (χ3n) is 2.30. The maximum Gasteiger partial charge on any atom is 0.416 e. The summed E-state index contributed by atoms with van der Waals surface area (Å²) in [5.41, 5.74) is 6.24. The number of carbonyl (C=O) groups excluding carboxylic acids is 2. The van der Waals surface area contributed by atoms with Gasteiger partial charge in [0.15, 0.2) is 0 Å². The van der Waals surface area contributed by atoms with Crippen molar-refractivity contribution in [2.45, 2.75) is 4.90 Å². The maximum absolute atomic E-state index is 11.7. The first-order valence-electron chi connectivity index (χ1n) is 5.12. The second kappa shape index (κ2) is 5.09. The first-order valence-corrected chi connectivity index (χ1v) is 6.11. The van der Waals surface area contributed by atoms with Crippen LogP contribution in [0.1, 0.15) is 0 Å². The Morgan fingerprint density at radius 2 is 2.12 bits per heavy atom. The molecule has 1 fully saturated rings. The average Bonchev–Trinajstić information content (AvgIpc) is 2.74. The lowest BCUT2D eigenvalue weighted by molar-refractivity contribution is -0.124. The van der Waals surface area contributed by atoms with Crippen molar-refractivity contribution in [2.24, 2.45) is 0 Å². The fourth-order valence-corrected chi connectivity index (χ4v) is 2.18. The fraction of sp³-hybridized carbons (Fsp3) is 0.273. The van der Waals surface area contributed by atoms with Gasteiger partial charge in [0.25, 0.3) is 0 Å². The first-order chi connectivity index (χ1) is 8.16. The number of thioether (sulfide) groups is 1. The minimum absolute atomic E-state index is 0.221. The molecule has 0 radical (unpaired) electrons. The van der Waals surface area contributed by atoms with E-state index in [0.29, 0.717) is 12.2 Å². The molecular formula is C11H12N2O3S. The molecule has 1 aliphatic rings. The summed E-state index contributed by atoms with van der Waals surface area (Å²) in [6.45, 7) is 0.636. The molecule has 17 heavy (non-hydrogen) atoms. The Morgan fingerprint density at radius 1 is 1.41 bits per heavy atom. The van der Waals surface area contributed by atoms with E-state index >= 15 is 0 Å². The topological polar surface area (TPSA) is 72.6 Å². The summed E-state index contributed by atoms with van der Waals surface area (Å²) in [4.78, 5) is 24.9. The van der Waals surface area contributed by atoms with Crippen LogP contribution in [-0.2, 0) is 9.53 Å².